The Kier molecular flexibility index (Phi) is 4.80. The van der Waals surface area contributed by atoms with Crippen LogP contribution < -0.4 is 5.32 Å². The van der Waals surface area contributed by atoms with E-state index in [1.165, 1.54) is 11.8 Å². The number of ether oxygens (including phenoxy) is 1. The molecule has 0 saturated carbocycles. The van der Waals surface area contributed by atoms with Gasteiger partial charge in [0.25, 0.3) is 5.23 Å². The van der Waals surface area contributed by atoms with E-state index >= 15 is 0 Å². The second-order valence-corrected chi connectivity index (χ2v) is 7.80. The Morgan fingerprint density at radius 1 is 1.07 bits per heavy atom. The summed E-state index contributed by atoms with van der Waals surface area (Å²) in [6, 6.07) is 17.6. The molecule has 7 nitrogen and oxygen atoms in total. The molecule has 0 spiro atoms. The third kappa shape index (κ3) is 3.18. The van der Waals surface area contributed by atoms with Gasteiger partial charge in [-0.15, -0.1) is 10.2 Å². The Morgan fingerprint density at radius 3 is 2.63 bits per heavy atom. The molecule has 3 heterocycles. The molecule has 1 atom stereocenters. The van der Waals surface area contributed by atoms with Crippen molar-refractivity contribution in [1.29, 1.82) is 0 Å². The SMILES string of the molecule is CSC1=NN=C2C(=NC(c3c(C)nn(-c4ccccc4)c3Cl)Nc3ccccc32)O1. The molecule has 0 radical (unpaired) electrons. The topological polar surface area (TPSA) is 76.2 Å². The van der Waals surface area contributed by atoms with E-state index in [-0.39, 0.29) is 0 Å². The third-order valence-corrected chi connectivity index (χ3v) is 5.71. The van der Waals surface area contributed by atoms with Gasteiger partial charge in [0.15, 0.2) is 11.9 Å². The normalized spacial score (nSPS) is 17.4. The Labute approximate surface area is 182 Å². The number of anilines is 1. The highest BCUT2D eigenvalue weighted by atomic mass is 35.5. The van der Waals surface area contributed by atoms with Crippen LogP contribution in [0.2, 0.25) is 5.15 Å². The summed E-state index contributed by atoms with van der Waals surface area (Å²) in [5, 5.41) is 17.6. The first-order valence-electron chi connectivity index (χ1n) is 9.27. The lowest BCUT2D eigenvalue weighted by Gasteiger charge is -2.15. The highest BCUT2D eigenvalue weighted by molar-refractivity contribution is 8.13. The minimum atomic E-state index is -0.500. The van der Waals surface area contributed by atoms with Crippen LogP contribution in [0, 0.1) is 6.92 Å². The monoisotopic (exact) mass is 436 g/mol. The first-order valence-corrected chi connectivity index (χ1v) is 10.9. The molecule has 30 heavy (non-hydrogen) atoms. The van der Waals surface area contributed by atoms with Crippen LogP contribution in [0.3, 0.4) is 0 Å². The number of aliphatic imine (C=N–C) groups is 1. The molecule has 0 amide bonds. The van der Waals surface area contributed by atoms with E-state index in [1.807, 2.05) is 67.8 Å². The van der Waals surface area contributed by atoms with E-state index in [0.717, 1.165) is 28.2 Å². The summed E-state index contributed by atoms with van der Waals surface area (Å²) in [6.45, 7) is 1.92. The number of para-hydroxylation sites is 2. The van der Waals surface area contributed by atoms with Crippen molar-refractivity contribution in [3.8, 4) is 5.69 Å². The molecule has 150 valence electrons. The lowest BCUT2D eigenvalue weighted by atomic mass is 10.1. The van der Waals surface area contributed by atoms with E-state index in [9.17, 15) is 0 Å². The lowest BCUT2D eigenvalue weighted by Crippen LogP contribution is -2.24. The predicted octanol–water partition coefficient (Wildman–Crippen LogP) is 4.81. The van der Waals surface area contributed by atoms with Gasteiger partial charge in [-0.05, 0) is 31.4 Å². The van der Waals surface area contributed by atoms with Crippen LogP contribution in [0.25, 0.3) is 5.69 Å². The van der Waals surface area contributed by atoms with E-state index in [2.05, 4.69) is 20.6 Å². The molecule has 1 N–H and O–H groups in total. The molecule has 0 aliphatic carbocycles. The van der Waals surface area contributed by atoms with Gasteiger partial charge in [-0.2, -0.15) is 5.10 Å². The molecule has 9 heteroatoms. The van der Waals surface area contributed by atoms with Gasteiger partial charge in [0, 0.05) is 11.3 Å². The van der Waals surface area contributed by atoms with Gasteiger partial charge in [-0.25, -0.2) is 9.67 Å². The van der Waals surface area contributed by atoms with E-state index in [4.69, 9.17) is 21.3 Å². The molecule has 2 aliphatic rings. The number of halogens is 1. The molecule has 2 aromatic carbocycles. The molecule has 1 unspecified atom stereocenters. The molecule has 0 fully saturated rings. The average Bonchev–Trinajstić information content (AvgIpc) is 2.98. The fourth-order valence-electron chi connectivity index (χ4n) is 3.44. The molecule has 0 bridgehead atoms. The second-order valence-electron chi connectivity index (χ2n) is 6.68. The molecule has 0 saturated heterocycles. The summed E-state index contributed by atoms with van der Waals surface area (Å²) in [7, 11) is 0. The van der Waals surface area contributed by atoms with E-state index in [0.29, 0.717) is 22.0 Å². The number of rotatable bonds is 2. The number of nitrogens with zero attached hydrogens (tertiary/aromatic N) is 5. The highest BCUT2D eigenvalue weighted by Gasteiger charge is 2.31. The van der Waals surface area contributed by atoms with Crippen LogP contribution in [0.4, 0.5) is 5.69 Å². The zero-order valence-electron chi connectivity index (χ0n) is 16.2. The Bertz CT molecular complexity index is 1220. The minimum absolute atomic E-state index is 0.403. The lowest BCUT2D eigenvalue weighted by molar-refractivity contribution is 0.553. The zero-order valence-corrected chi connectivity index (χ0v) is 17.8. The number of fused-ring (bicyclic) bond motifs is 3. The quantitative estimate of drug-likeness (QED) is 0.625. The van der Waals surface area contributed by atoms with Crippen molar-refractivity contribution in [3.05, 3.63) is 76.6 Å². The number of benzene rings is 2. The first kappa shape index (κ1) is 18.9. The summed E-state index contributed by atoms with van der Waals surface area (Å²) in [6.07, 6.45) is 1.38. The fraction of sp³-hybridized carbons (Fsp3) is 0.143. The fourth-order valence-corrected chi connectivity index (χ4v) is 4.10. The summed E-state index contributed by atoms with van der Waals surface area (Å²) >= 11 is 8.17. The van der Waals surface area contributed by atoms with Crippen LogP contribution in [0.15, 0.2) is 69.8 Å². The maximum absolute atomic E-state index is 6.80. The van der Waals surface area contributed by atoms with Crippen molar-refractivity contribution in [3.63, 3.8) is 0 Å². The third-order valence-electron chi connectivity index (χ3n) is 4.84. The van der Waals surface area contributed by atoms with Gasteiger partial charge >= 0.3 is 0 Å². The van der Waals surface area contributed by atoms with Crippen molar-refractivity contribution in [2.24, 2.45) is 15.2 Å². The average molecular weight is 437 g/mol. The van der Waals surface area contributed by atoms with Gasteiger partial charge < -0.3 is 10.1 Å². The number of hydrogen-bond donors (Lipinski definition) is 1. The molecule has 1 aromatic heterocycles. The molecular weight excluding hydrogens is 420 g/mol. The molecular formula is C21H17ClN6OS. The Morgan fingerprint density at radius 2 is 1.83 bits per heavy atom. The van der Waals surface area contributed by atoms with Crippen LogP contribution in [0.5, 0.6) is 0 Å². The van der Waals surface area contributed by atoms with Crippen LogP contribution in [-0.2, 0) is 4.74 Å². The van der Waals surface area contributed by atoms with Crippen LogP contribution in [0.1, 0.15) is 23.0 Å². The van der Waals surface area contributed by atoms with E-state index in [1.54, 1.807) is 4.68 Å². The molecule has 2 aliphatic heterocycles. The highest BCUT2D eigenvalue weighted by Crippen LogP contribution is 2.35. The number of hydrogen-bond acceptors (Lipinski definition) is 7. The second kappa shape index (κ2) is 7.62. The van der Waals surface area contributed by atoms with Gasteiger partial charge in [0.05, 0.1) is 16.9 Å². The van der Waals surface area contributed by atoms with Crippen molar-refractivity contribution in [1.82, 2.24) is 9.78 Å². The molecule has 5 rings (SSSR count). The first-order chi connectivity index (χ1) is 14.7. The summed E-state index contributed by atoms with van der Waals surface area (Å²) < 4.78 is 7.64. The summed E-state index contributed by atoms with van der Waals surface area (Å²) in [5.74, 6) is 0.403. The number of nitrogens with one attached hydrogen (secondary N) is 1. The largest absolute Gasteiger partial charge is 0.411 e. The molecule has 3 aromatic rings. The Balaban J connectivity index is 1.66. The smallest absolute Gasteiger partial charge is 0.276 e. The summed E-state index contributed by atoms with van der Waals surface area (Å²) in [5.41, 5.74) is 4.76. The summed E-state index contributed by atoms with van der Waals surface area (Å²) in [4.78, 5) is 4.83. The van der Waals surface area contributed by atoms with Gasteiger partial charge in [-0.3, -0.25) is 0 Å². The number of thioether (sulfide) groups is 1. The zero-order chi connectivity index (χ0) is 20.7. The van der Waals surface area contributed by atoms with Crippen LogP contribution in [-0.4, -0.2) is 32.9 Å². The number of aromatic nitrogens is 2. The van der Waals surface area contributed by atoms with Crippen LogP contribution >= 0.6 is 23.4 Å². The standard InChI is InChI=1S/C21H17ClN6OS/c1-12-16(18(22)28(27-12)13-8-4-3-5-9-13)19-23-15-11-7-6-10-14(15)17-20(24-19)29-21(30-2)26-25-17/h3-11,19,23H,1-2H3. The van der Waals surface area contributed by atoms with Crippen molar-refractivity contribution < 1.29 is 4.74 Å². The van der Waals surface area contributed by atoms with Crippen molar-refractivity contribution in [2.75, 3.05) is 11.6 Å². The maximum Gasteiger partial charge on any atom is 0.276 e. The van der Waals surface area contributed by atoms with Gasteiger partial charge in [-0.1, -0.05) is 59.8 Å². The van der Waals surface area contributed by atoms with Gasteiger partial charge in [0.1, 0.15) is 5.15 Å². The maximum atomic E-state index is 6.80. The van der Waals surface area contributed by atoms with Gasteiger partial charge in [0.2, 0.25) is 5.90 Å². The Hall–Kier alpha value is -3.10. The van der Waals surface area contributed by atoms with E-state index < -0.39 is 6.17 Å². The minimum Gasteiger partial charge on any atom is -0.411 e. The predicted molar refractivity (Wildman–Crippen MR) is 122 cm³/mol. The van der Waals surface area contributed by atoms with Crippen molar-refractivity contribution >= 4 is 45.9 Å². The number of aryl methyl sites for hydroxylation is 1. The van der Waals surface area contributed by atoms with Crippen molar-refractivity contribution in [2.45, 2.75) is 13.1 Å².